The number of hydrogen-bond donors (Lipinski definition) is 1. The smallest absolute Gasteiger partial charge is 0.125 e. The second-order valence-electron chi connectivity index (χ2n) is 1.75. The quantitative estimate of drug-likeness (QED) is 0.704. The van der Waals surface area contributed by atoms with E-state index >= 15 is 0 Å². The molecular weight excluding hydrogens is 136 g/mol. The molecule has 1 N–H and O–H groups in total. The van der Waals surface area contributed by atoms with Crippen molar-refractivity contribution in [2.75, 3.05) is 11.9 Å². The summed E-state index contributed by atoms with van der Waals surface area (Å²) in [6.07, 6.45) is 1.78. The zero-order valence-corrected chi connectivity index (χ0v) is 7.46. The summed E-state index contributed by atoms with van der Waals surface area (Å²) in [4.78, 5) is 4.06. The van der Waals surface area contributed by atoms with Gasteiger partial charge in [0.15, 0.2) is 0 Å². The lowest BCUT2D eigenvalue weighted by Crippen LogP contribution is -1.97. The molecule has 0 saturated carbocycles. The predicted octanol–water partition coefficient (Wildman–Crippen LogP) is 2.54. The molecule has 1 heterocycles. The molecule has 1 aromatic rings. The number of nitrogens with zero attached hydrogens (tertiary/aromatic N) is 1. The molecule has 1 rings (SSSR count). The highest BCUT2D eigenvalue weighted by atomic mass is 15.0. The summed E-state index contributed by atoms with van der Waals surface area (Å²) in [5.74, 6) is 0.944. The maximum Gasteiger partial charge on any atom is 0.125 e. The molecule has 0 atom stereocenters. The minimum absolute atomic E-state index is 0.928. The van der Waals surface area contributed by atoms with Crippen molar-refractivity contribution >= 4 is 5.82 Å². The Balaban J connectivity index is 0.000000461. The number of hydrogen-bond acceptors (Lipinski definition) is 2. The van der Waals surface area contributed by atoms with Crippen LogP contribution >= 0.6 is 0 Å². The van der Waals surface area contributed by atoms with E-state index in [1.807, 2.05) is 32.0 Å². The number of rotatable bonds is 2. The molecule has 0 amide bonds. The molecule has 2 heteroatoms. The van der Waals surface area contributed by atoms with Crippen molar-refractivity contribution in [2.24, 2.45) is 0 Å². The molecule has 0 unspecified atom stereocenters. The van der Waals surface area contributed by atoms with Crippen LogP contribution in [0.15, 0.2) is 24.4 Å². The van der Waals surface area contributed by atoms with Crippen LogP contribution in [-0.2, 0) is 0 Å². The third-order valence-corrected chi connectivity index (χ3v) is 1.02. The maximum atomic E-state index is 4.06. The fourth-order valence-electron chi connectivity index (χ4n) is 0.648. The largest absolute Gasteiger partial charge is 0.370 e. The lowest BCUT2D eigenvalue weighted by atomic mass is 10.5. The lowest BCUT2D eigenvalue weighted by Gasteiger charge is -1.97. The van der Waals surface area contributed by atoms with Gasteiger partial charge in [0, 0.05) is 12.7 Å². The summed E-state index contributed by atoms with van der Waals surface area (Å²) in [7, 11) is 0. The van der Waals surface area contributed by atoms with Crippen LogP contribution in [0.4, 0.5) is 5.82 Å². The highest BCUT2D eigenvalue weighted by molar-refractivity contribution is 5.32. The number of anilines is 1. The van der Waals surface area contributed by atoms with Crippen LogP contribution < -0.4 is 5.32 Å². The molecule has 0 saturated heterocycles. The van der Waals surface area contributed by atoms with Gasteiger partial charge in [-0.3, -0.25) is 0 Å². The van der Waals surface area contributed by atoms with Gasteiger partial charge >= 0.3 is 0 Å². The molecule has 62 valence electrons. The van der Waals surface area contributed by atoms with Gasteiger partial charge in [0.2, 0.25) is 0 Å². The zero-order chi connectivity index (χ0) is 8.53. The predicted molar refractivity (Wildman–Crippen MR) is 49.7 cm³/mol. The fourth-order valence-corrected chi connectivity index (χ4v) is 0.648. The van der Waals surface area contributed by atoms with Crippen LogP contribution in [0.2, 0.25) is 0 Å². The standard InChI is InChI=1S/C7H10N2.C2H6/c1-2-8-7-5-3-4-6-9-7;1-2/h3-6H,2H2,1H3,(H,8,9);1-2H3. The van der Waals surface area contributed by atoms with Crippen molar-refractivity contribution in [3.05, 3.63) is 24.4 Å². The van der Waals surface area contributed by atoms with Gasteiger partial charge in [-0.15, -0.1) is 0 Å². The van der Waals surface area contributed by atoms with Gasteiger partial charge in [-0.2, -0.15) is 0 Å². The zero-order valence-electron chi connectivity index (χ0n) is 7.46. The summed E-state index contributed by atoms with van der Waals surface area (Å²) < 4.78 is 0. The first kappa shape index (κ1) is 9.95. The minimum atomic E-state index is 0.928. The number of aromatic nitrogens is 1. The van der Waals surface area contributed by atoms with Crippen LogP contribution in [0.5, 0.6) is 0 Å². The van der Waals surface area contributed by atoms with Gasteiger partial charge in [-0.25, -0.2) is 4.98 Å². The first-order chi connectivity index (χ1) is 5.43. The van der Waals surface area contributed by atoms with Crippen LogP contribution in [0.3, 0.4) is 0 Å². The Bertz CT molecular complexity index is 160. The van der Waals surface area contributed by atoms with Gasteiger partial charge in [0.05, 0.1) is 0 Å². The van der Waals surface area contributed by atoms with Gasteiger partial charge in [0.1, 0.15) is 5.82 Å². The Morgan fingerprint density at radius 1 is 1.36 bits per heavy atom. The van der Waals surface area contributed by atoms with Gasteiger partial charge < -0.3 is 5.32 Å². The summed E-state index contributed by atoms with van der Waals surface area (Å²) in [6, 6.07) is 5.81. The molecule has 1 aromatic heterocycles. The van der Waals surface area contributed by atoms with Crippen LogP contribution in [0, 0.1) is 0 Å². The van der Waals surface area contributed by atoms with Gasteiger partial charge in [-0.05, 0) is 19.1 Å². The van der Waals surface area contributed by atoms with Crippen LogP contribution in [-0.4, -0.2) is 11.5 Å². The van der Waals surface area contributed by atoms with Crippen LogP contribution in [0.1, 0.15) is 20.8 Å². The van der Waals surface area contributed by atoms with Crippen molar-refractivity contribution in [2.45, 2.75) is 20.8 Å². The Kier molecular flexibility index (Phi) is 6.39. The van der Waals surface area contributed by atoms with E-state index < -0.39 is 0 Å². The first-order valence-corrected chi connectivity index (χ1v) is 4.08. The molecule has 0 radical (unpaired) electrons. The topological polar surface area (TPSA) is 24.9 Å². The molecule has 0 spiro atoms. The Morgan fingerprint density at radius 3 is 2.55 bits per heavy atom. The van der Waals surface area contributed by atoms with Gasteiger partial charge in [-0.1, -0.05) is 19.9 Å². The third-order valence-electron chi connectivity index (χ3n) is 1.02. The molecule has 0 bridgehead atoms. The summed E-state index contributed by atoms with van der Waals surface area (Å²) in [5.41, 5.74) is 0. The number of nitrogens with one attached hydrogen (secondary N) is 1. The van der Waals surface area contributed by atoms with E-state index in [0.29, 0.717) is 0 Å². The van der Waals surface area contributed by atoms with Crippen molar-refractivity contribution in [1.29, 1.82) is 0 Å². The van der Waals surface area contributed by atoms with E-state index in [1.54, 1.807) is 6.20 Å². The highest BCUT2D eigenvalue weighted by Gasteiger charge is 1.83. The van der Waals surface area contributed by atoms with E-state index in [1.165, 1.54) is 0 Å². The highest BCUT2D eigenvalue weighted by Crippen LogP contribution is 1.97. The van der Waals surface area contributed by atoms with Crippen molar-refractivity contribution in [3.63, 3.8) is 0 Å². The normalized spacial score (nSPS) is 7.91. The first-order valence-electron chi connectivity index (χ1n) is 4.08. The number of pyridine rings is 1. The molecule has 0 fully saturated rings. The van der Waals surface area contributed by atoms with Crippen molar-refractivity contribution in [3.8, 4) is 0 Å². The fraction of sp³-hybridized carbons (Fsp3) is 0.444. The van der Waals surface area contributed by atoms with Crippen molar-refractivity contribution in [1.82, 2.24) is 4.98 Å². The maximum absolute atomic E-state index is 4.06. The third kappa shape index (κ3) is 4.37. The molecule has 11 heavy (non-hydrogen) atoms. The van der Waals surface area contributed by atoms with Gasteiger partial charge in [0.25, 0.3) is 0 Å². The average Bonchev–Trinajstić information content (AvgIpc) is 2.11. The second kappa shape index (κ2) is 7.06. The molecule has 2 nitrogen and oxygen atoms in total. The molecular formula is C9H16N2. The molecule has 0 aliphatic heterocycles. The second-order valence-corrected chi connectivity index (χ2v) is 1.75. The lowest BCUT2D eigenvalue weighted by molar-refractivity contribution is 1.16. The summed E-state index contributed by atoms with van der Waals surface area (Å²) in [5, 5.41) is 3.10. The summed E-state index contributed by atoms with van der Waals surface area (Å²) in [6.45, 7) is 6.98. The molecule has 0 aliphatic rings. The van der Waals surface area contributed by atoms with E-state index in [4.69, 9.17) is 0 Å². The Hall–Kier alpha value is -1.05. The van der Waals surface area contributed by atoms with E-state index in [-0.39, 0.29) is 0 Å². The van der Waals surface area contributed by atoms with Crippen LogP contribution in [0.25, 0.3) is 0 Å². The SMILES string of the molecule is CC.CCNc1ccccn1. The Morgan fingerprint density at radius 2 is 2.09 bits per heavy atom. The monoisotopic (exact) mass is 152 g/mol. The van der Waals surface area contributed by atoms with E-state index in [9.17, 15) is 0 Å². The minimum Gasteiger partial charge on any atom is -0.370 e. The van der Waals surface area contributed by atoms with Crippen molar-refractivity contribution < 1.29 is 0 Å². The summed E-state index contributed by atoms with van der Waals surface area (Å²) >= 11 is 0. The average molecular weight is 152 g/mol. The molecule has 0 aromatic carbocycles. The van der Waals surface area contributed by atoms with E-state index in [2.05, 4.69) is 17.2 Å². The molecule has 0 aliphatic carbocycles. The van der Waals surface area contributed by atoms with E-state index in [0.717, 1.165) is 12.4 Å². The Labute approximate surface area is 68.7 Å².